The minimum absolute atomic E-state index is 0.0308. The summed E-state index contributed by atoms with van der Waals surface area (Å²) in [5.41, 5.74) is 4.60. The Morgan fingerprint density at radius 3 is 2.81 bits per heavy atom. The molecule has 8 nitrogen and oxygen atoms in total. The molecule has 0 aliphatic carbocycles. The Kier molecular flexibility index (Phi) is 5.55. The molecule has 0 unspecified atom stereocenters. The Bertz CT molecular complexity index is 1070. The topological polar surface area (TPSA) is 76.4 Å². The second kappa shape index (κ2) is 8.63. The molecule has 1 amide bonds. The van der Waals surface area contributed by atoms with Gasteiger partial charge in [0.2, 0.25) is 0 Å². The highest BCUT2D eigenvalue weighted by atomic mass is 16.5. The van der Waals surface area contributed by atoms with Gasteiger partial charge in [0.15, 0.2) is 5.65 Å². The Morgan fingerprint density at radius 1 is 1.10 bits per heavy atom. The van der Waals surface area contributed by atoms with Crippen molar-refractivity contribution in [3.05, 3.63) is 48.2 Å². The van der Waals surface area contributed by atoms with Gasteiger partial charge in [-0.25, -0.2) is 9.97 Å². The third kappa shape index (κ3) is 3.99. The second-order valence-corrected chi connectivity index (χ2v) is 8.36. The Hall–Kier alpha value is -3.00. The van der Waals surface area contributed by atoms with Crippen molar-refractivity contribution in [3.8, 4) is 0 Å². The molecule has 162 valence electrons. The van der Waals surface area contributed by atoms with E-state index in [-0.39, 0.29) is 5.91 Å². The van der Waals surface area contributed by atoms with Gasteiger partial charge < -0.3 is 19.1 Å². The molecule has 8 heteroatoms. The monoisotopic (exact) mass is 420 g/mol. The molecule has 5 rings (SSSR count). The zero-order chi connectivity index (χ0) is 21.2. The summed E-state index contributed by atoms with van der Waals surface area (Å²) < 4.78 is 7.60. The van der Waals surface area contributed by atoms with E-state index >= 15 is 0 Å². The van der Waals surface area contributed by atoms with Gasteiger partial charge in [-0.05, 0) is 43.9 Å². The normalized spacial score (nSPS) is 18.4. The minimum atomic E-state index is 0.0308. The average Bonchev–Trinajstić information content (AvgIpc) is 3.08. The van der Waals surface area contributed by atoms with E-state index in [9.17, 15) is 4.79 Å². The van der Waals surface area contributed by atoms with Crippen molar-refractivity contribution >= 4 is 22.8 Å². The van der Waals surface area contributed by atoms with Crippen molar-refractivity contribution in [2.24, 2.45) is 0 Å². The maximum Gasteiger partial charge on any atom is 0.255 e. The molecular weight excluding hydrogens is 392 g/mol. The number of aromatic nitrogens is 4. The fraction of sp³-hybridized carbons (Fsp3) is 0.478. The molecule has 3 aromatic heterocycles. The molecule has 0 saturated carbocycles. The number of carbonyl (C=O) groups excluding carboxylic acids is 1. The van der Waals surface area contributed by atoms with E-state index in [1.165, 1.54) is 5.69 Å². The fourth-order valence-electron chi connectivity index (χ4n) is 4.63. The van der Waals surface area contributed by atoms with Crippen molar-refractivity contribution in [2.45, 2.75) is 32.2 Å². The van der Waals surface area contributed by atoms with Crippen molar-refractivity contribution in [2.75, 3.05) is 44.3 Å². The van der Waals surface area contributed by atoms with E-state index < -0.39 is 0 Å². The molecule has 31 heavy (non-hydrogen) atoms. The number of imidazole rings is 1. The molecule has 0 spiro atoms. The lowest BCUT2D eigenvalue weighted by Gasteiger charge is -2.25. The van der Waals surface area contributed by atoms with Gasteiger partial charge in [-0.1, -0.05) is 0 Å². The summed E-state index contributed by atoms with van der Waals surface area (Å²) >= 11 is 0. The van der Waals surface area contributed by atoms with Gasteiger partial charge in [0.05, 0.1) is 11.9 Å². The predicted octanol–water partition coefficient (Wildman–Crippen LogP) is 2.84. The first-order valence-corrected chi connectivity index (χ1v) is 11.1. The average molecular weight is 421 g/mol. The van der Waals surface area contributed by atoms with Crippen LogP contribution in [-0.4, -0.2) is 69.7 Å². The highest BCUT2D eigenvalue weighted by Gasteiger charge is 2.23. The highest BCUT2D eigenvalue weighted by molar-refractivity contribution is 5.96. The van der Waals surface area contributed by atoms with Crippen LogP contribution in [0.2, 0.25) is 0 Å². The first-order valence-electron chi connectivity index (χ1n) is 11.1. The Labute approximate surface area is 181 Å². The van der Waals surface area contributed by atoms with E-state index in [4.69, 9.17) is 4.74 Å². The number of fused-ring (bicyclic) bond motifs is 1. The number of nitrogens with zero attached hydrogens (tertiary/aromatic N) is 6. The number of aryl methyl sites for hydroxylation is 1. The van der Waals surface area contributed by atoms with Gasteiger partial charge in [-0.3, -0.25) is 9.78 Å². The fourth-order valence-corrected chi connectivity index (χ4v) is 4.63. The van der Waals surface area contributed by atoms with E-state index in [0.29, 0.717) is 18.2 Å². The van der Waals surface area contributed by atoms with Gasteiger partial charge >= 0.3 is 0 Å². The molecule has 5 heterocycles. The van der Waals surface area contributed by atoms with Crippen molar-refractivity contribution < 1.29 is 9.53 Å². The Balaban J connectivity index is 1.31. The van der Waals surface area contributed by atoms with Crippen LogP contribution in [0.5, 0.6) is 0 Å². The number of pyridine rings is 2. The summed E-state index contributed by atoms with van der Waals surface area (Å²) in [6.07, 6.45) is 10.1. The molecule has 2 aliphatic rings. The number of amides is 1. The summed E-state index contributed by atoms with van der Waals surface area (Å²) in [5.74, 6) is 0.0308. The van der Waals surface area contributed by atoms with Crippen LogP contribution < -0.4 is 4.90 Å². The molecule has 0 radical (unpaired) electrons. The third-order valence-electron chi connectivity index (χ3n) is 6.36. The van der Waals surface area contributed by atoms with Crippen LogP contribution in [0.1, 0.15) is 41.2 Å². The lowest BCUT2D eigenvalue weighted by atomic mass is 10.1. The van der Waals surface area contributed by atoms with Crippen LogP contribution in [0.3, 0.4) is 0 Å². The van der Waals surface area contributed by atoms with Crippen LogP contribution in [0.4, 0.5) is 5.69 Å². The maximum absolute atomic E-state index is 13.2. The van der Waals surface area contributed by atoms with Crippen LogP contribution in [-0.2, 0) is 4.74 Å². The molecule has 2 saturated heterocycles. The van der Waals surface area contributed by atoms with Crippen LogP contribution in [0, 0.1) is 6.92 Å². The molecule has 2 aliphatic heterocycles. The minimum Gasteiger partial charge on any atom is -0.381 e. The summed E-state index contributed by atoms with van der Waals surface area (Å²) in [6.45, 7) is 6.80. The lowest BCUT2D eigenvalue weighted by molar-refractivity contribution is 0.0704. The molecule has 0 bridgehead atoms. The number of hydrogen-bond acceptors (Lipinski definition) is 6. The van der Waals surface area contributed by atoms with Gasteiger partial charge in [0.1, 0.15) is 5.52 Å². The van der Waals surface area contributed by atoms with E-state index in [0.717, 1.165) is 68.8 Å². The van der Waals surface area contributed by atoms with Gasteiger partial charge in [-0.2, -0.15) is 0 Å². The largest absolute Gasteiger partial charge is 0.381 e. The van der Waals surface area contributed by atoms with Crippen LogP contribution in [0.15, 0.2) is 37.1 Å². The molecule has 0 aromatic carbocycles. The molecule has 0 atom stereocenters. The molecule has 2 fully saturated rings. The van der Waals surface area contributed by atoms with E-state index in [2.05, 4.69) is 37.4 Å². The zero-order valence-electron chi connectivity index (χ0n) is 17.9. The standard InChI is InChI=1S/C23H28N6O2/c1-17-14-24-6-3-21(17)27-7-2-8-28(10-9-27)23(30)18-13-20-22(25-15-18)29(16-26-20)19-4-11-31-12-5-19/h3,6,13-16,19H,2,4-5,7-12H2,1H3. The lowest BCUT2D eigenvalue weighted by Crippen LogP contribution is -2.35. The summed E-state index contributed by atoms with van der Waals surface area (Å²) in [6, 6.07) is 4.30. The van der Waals surface area contributed by atoms with Crippen molar-refractivity contribution in [3.63, 3.8) is 0 Å². The molecule has 3 aromatic rings. The van der Waals surface area contributed by atoms with E-state index in [1.54, 1.807) is 6.20 Å². The van der Waals surface area contributed by atoms with Gasteiger partial charge in [0.25, 0.3) is 5.91 Å². The summed E-state index contributed by atoms with van der Waals surface area (Å²) in [7, 11) is 0. The Morgan fingerprint density at radius 2 is 1.97 bits per heavy atom. The number of carbonyl (C=O) groups is 1. The van der Waals surface area contributed by atoms with E-state index in [1.807, 2.05) is 29.7 Å². The maximum atomic E-state index is 13.2. The van der Waals surface area contributed by atoms with Crippen LogP contribution in [0.25, 0.3) is 11.2 Å². The quantitative estimate of drug-likeness (QED) is 0.649. The van der Waals surface area contributed by atoms with Gasteiger partial charge in [-0.15, -0.1) is 0 Å². The smallest absolute Gasteiger partial charge is 0.255 e. The number of rotatable bonds is 3. The van der Waals surface area contributed by atoms with Crippen LogP contribution >= 0.6 is 0 Å². The first kappa shape index (κ1) is 19.9. The third-order valence-corrected chi connectivity index (χ3v) is 6.36. The van der Waals surface area contributed by atoms with Crippen molar-refractivity contribution in [1.29, 1.82) is 0 Å². The second-order valence-electron chi connectivity index (χ2n) is 8.36. The zero-order valence-corrected chi connectivity index (χ0v) is 17.9. The SMILES string of the molecule is Cc1cnccc1N1CCCN(C(=O)c2cnc3c(c2)ncn3C2CCOCC2)CC1. The number of hydrogen-bond donors (Lipinski definition) is 0. The molecular formula is C23H28N6O2. The first-order chi connectivity index (χ1) is 15.2. The van der Waals surface area contributed by atoms with Gasteiger partial charge in [0, 0.05) is 69.7 Å². The molecule has 0 N–H and O–H groups in total. The summed E-state index contributed by atoms with van der Waals surface area (Å²) in [4.78, 5) is 30.9. The predicted molar refractivity (Wildman–Crippen MR) is 118 cm³/mol. The van der Waals surface area contributed by atoms with Crippen molar-refractivity contribution in [1.82, 2.24) is 24.4 Å². The summed E-state index contributed by atoms with van der Waals surface area (Å²) in [5, 5.41) is 0. The number of ether oxygens (including phenoxy) is 1. The highest BCUT2D eigenvalue weighted by Crippen LogP contribution is 2.25. The number of anilines is 1.